The number of nitrogens with zero attached hydrogens (tertiary/aromatic N) is 3. The Kier molecular flexibility index (Phi) is 5.22. The number of amides is 1. The van der Waals surface area contributed by atoms with Crippen molar-refractivity contribution in [3.05, 3.63) is 10.6 Å². The number of rotatable bonds is 5. The summed E-state index contributed by atoms with van der Waals surface area (Å²) in [6.45, 7) is 9.27. The van der Waals surface area contributed by atoms with Crippen molar-refractivity contribution >= 4 is 17.4 Å². The lowest BCUT2D eigenvalue weighted by atomic mass is 9.91. The molecule has 102 valence electrons. The van der Waals surface area contributed by atoms with Gasteiger partial charge in [0.2, 0.25) is 0 Å². The highest BCUT2D eigenvalue weighted by atomic mass is 32.1. The molecule has 1 amide bonds. The molecule has 5 nitrogen and oxygen atoms in total. The van der Waals surface area contributed by atoms with Crippen LogP contribution in [0.2, 0.25) is 0 Å². The summed E-state index contributed by atoms with van der Waals surface area (Å²) in [4.78, 5) is 14.7. The monoisotopic (exact) mass is 271 g/mol. The van der Waals surface area contributed by atoms with Crippen LogP contribution in [0.5, 0.6) is 0 Å². The van der Waals surface area contributed by atoms with E-state index in [2.05, 4.69) is 9.59 Å². The Morgan fingerprint density at radius 1 is 1.44 bits per heavy atom. The first-order chi connectivity index (χ1) is 8.41. The van der Waals surface area contributed by atoms with Gasteiger partial charge in [-0.3, -0.25) is 4.79 Å². The van der Waals surface area contributed by atoms with Crippen molar-refractivity contribution in [1.29, 1.82) is 0 Å². The Balaban J connectivity index is 2.92. The van der Waals surface area contributed by atoms with Gasteiger partial charge in [0.05, 0.1) is 5.69 Å². The molecule has 0 aliphatic heterocycles. The van der Waals surface area contributed by atoms with E-state index in [-0.39, 0.29) is 17.9 Å². The maximum absolute atomic E-state index is 12.4. The molecule has 1 N–H and O–H groups in total. The molecule has 1 rings (SSSR count). The molecule has 0 aliphatic carbocycles. The van der Waals surface area contributed by atoms with Crippen LogP contribution in [0.1, 0.15) is 49.5 Å². The largest absolute Gasteiger partial charge is 0.396 e. The highest BCUT2D eigenvalue weighted by Gasteiger charge is 2.28. The van der Waals surface area contributed by atoms with Crippen LogP contribution in [0, 0.1) is 0 Å². The summed E-state index contributed by atoms with van der Waals surface area (Å²) < 4.78 is 3.90. The summed E-state index contributed by atoms with van der Waals surface area (Å²) >= 11 is 1.15. The molecule has 6 heteroatoms. The Morgan fingerprint density at radius 2 is 2.11 bits per heavy atom. The van der Waals surface area contributed by atoms with Crippen LogP contribution in [-0.2, 0) is 5.41 Å². The topological polar surface area (TPSA) is 66.3 Å². The third-order valence-corrected chi connectivity index (χ3v) is 3.36. The van der Waals surface area contributed by atoms with Gasteiger partial charge in [0, 0.05) is 25.1 Å². The number of aliphatic hydroxyl groups excluding tert-OH is 1. The molecule has 0 atom stereocenters. The molecule has 0 radical (unpaired) electrons. The summed E-state index contributed by atoms with van der Waals surface area (Å²) in [6, 6.07) is 0. The Morgan fingerprint density at radius 3 is 2.61 bits per heavy atom. The summed E-state index contributed by atoms with van der Waals surface area (Å²) in [7, 11) is 0. The predicted octanol–water partition coefficient (Wildman–Crippen LogP) is 1.68. The fourth-order valence-electron chi connectivity index (χ4n) is 1.63. The summed E-state index contributed by atoms with van der Waals surface area (Å²) in [5.41, 5.74) is 0.564. The second-order valence-electron chi connectivity index (χ2n) is 5.16. The number of aliphatic hydroxyl groups is 1. The van der Waals surface area contributed by atoms with Crippen LogP contribution >= 0.6 is 11.5 Å². The molecule has 0 saturated heterocycles. The predicted molar refractivity (Wildman–Crippen MR) is 71.9 cm³/mol. The maximum Gasteiger partial charge on any atom is 0.267 e. The molecule has 1 aromatic heterocycles. The van der Waals surface area contributed by atoms with Gasteiger partial charge in [0.1, 0.15) is 4.88 Å². The zero-order valence-electron chi connectivity index (χ0n) is 11.4. The van der Waals surface area contributed by atoms with E-state index in [1.807, 2.05) is 27.7 Å². The minimum absolute atomic E-state index is 0.0362. The highest BCUT2D eigenvalue weighted by molar-refractivity contribution is 7.08. The van der Waals surface area contributed by atoms with E-state index in [9.17, 15) is 4.79 Å². The van der Waals surface area contributed by atoms with Crippen LogP contribution in [0.15, 0.2) is 0 Å². The molecule has 0 aromatic carbocycles. The van der Waals surface area contributed by atoms with E-state index in [4.69, 9.17) is 5.11 Å². The quantitative estimate of drug-likeness (QED) is 0.885. The Hall–Kier alpha value is -1.01. The summed E-state index contributed by atoms with van der Waals surface area (Å²) in [6.07, 6.45) is 0.594. The third-order valence-electron chi connectivity index (χ3n) is 2.65. The van der Waals surface area contributed by atoms with Crippen LogP contribution in [0.3, 0.4) is 0 Å². The molecule has 1 heterocycles. The minimum Gasteiger partial charge on any atom is -0.396 e. The average molecular weight is 271 g/mol. The van der Waals surface area contributed by atoms with Crippen molar-refractivity contribution in [3.8, 4) is 0 Å². The van der Waals surface area contributed by atoms with Gasteiger partial charge in [0.25, 0.3) is 5.91 Å². The van der Waals surface area contributed by atoms with E-state index in [0.29, 0.717) is 24.4 Å². The smallest absolute Gasteiger partial charge is 0.267 e. The normalized spacial score (nSPS) is 11.6. The van der Waals surface area contributed by atoms with E-state index < -0.39 is 0 Å². The van der Waals surface area contributed by atoms with E-state index in [0.717, 1.165) is 17.2 Å². The van der Waals surface area contributed by atoms with Crippen molar-refractivity contribution in [1.82, 2.24) is 14.5 Å². The van der Waals surface area contributed by atoms with E-state index in [1.165, 1.54) is 0 Å². The van der Waals surface area contributed by atoms with E-state index >= 15 is 0 Å². The molecule has 0 aliphatic rings. The summed E-state index contributed by atoms with van der Waals surface area (Å²) in [5.74, 6) is -0.0362. The maximum atomic E-state index is 12.4. The van der Waals surface area contributed by atoms with Crippen LogP contribution in [0.25, 0.3) is 0 Å². The van der Waals surface area contributed by atoms with Gasteiger partial charge in [-0.05, 0) is 24.9 Å². The first-order valence-corrected chi connectivity index (χ1v) is 6.92. The molecule has 0 bridgehead atoms. The van der Waals surface area contributed by atoms with Gasteiger partial charge in [-0.15, -0.1) is 5.10 Å². The number of carbonyl (C=O) groups excluding carboxylic acids is 1. The second kappa shape index (κ2) is 6.24. The van der Waals surface area contributed by atoms with Crippen LogP contribution in [0.4, 0.5) is 0 Å². The molecule has 0 saturated carbocycles. The van der Waals surface area contributed by atoms with Crippen molar-refractivity contribution in [2.24, 2.45) is 0 Å². The van der Waals surface area contributed by atoms with Crippen molar-refractivity contribution in [3.63, 3.8) is 0 Å². The highest BCUT2D eigenvalue weighted by Crippen LogP contribution is 2.26. The number of aromatic nitrogens is 2. The van der Waals surface area contributed by atoms with Gasteiger partial charge < -0.3 is 10.0 Å². The fourth-order valence-corrected chi connectivity index (χ4v) is 2.47. The molecule has 0 fully saturated rings. The molecule has 1 aromatic rings. The molecular formula is C12H21N3O2S. The van der Waals surface area contributed by atoms with Crippen molar-refractivity contribution in [2.45, 2.75) is 39.5 Å². The molecule has 0 unspecified atom stereocenters. The minimum atomic E-state index is -0.186. The number of carbonyl (C=O) groups is 1. The first-order valence-electron chi connectivity index (χ1n) is 6.14. The summed E-state index contributed by atoms with van der Waals surface area (Å²) in [5, 5.41) is 12.9. The van der Waals surface area contributed by atoms with Crippen LogP contribution in [-0.4, -0.2) is 45.2 Å². The van der Waals surface area contributed by atoms with Gasteiger partial charge in [0.15, 0.2) is 0 Å². The van der Waals surface area contributed by atoms with Crippen LogP contribution < -0.4 is 0 Å². The zero-order valence-corrected chi connectivity index (χ0v) is 12.3. The third kappa shape index (κ3) is 3.49. The molecular weight excluding hydrogens is 250 g/mol. The molecule has 0 spiro atoms. The zero-order chi connectivity index (χ0) is 13.8. The lowest BCUT2D eigenvalue weighted by Gasteiger charge is -2.22. The second-order valence-corrected chi connectivity index (χ2v) is 5.92. The Bertz CT molecular complexity index is 398. The van der Waals surface area contributed by atoms with Crippen molar-refractivity contribution < 1.29 is 9.90 Å². The fraction of sp³-hybridized carbons (Fsp3) is 0.750. The van der Waals surface area contributed by atoms with E-state index in [1.54, 1.807) is 4.90 Å². The first kappa shape index (κ1) is 15.0. The Labute approximate surface area is 112 Å². The SMILES string of the molecule is CCN(CCCO)C(=O)c1snnc1C(C)(C)C. The average Bonchev–Trinajstić information content (AvgIpc) is 2.78. The van der Waals surface area contributed by atoms with Gasteiger partial charge in [-0.25, -0.2) is 0 Å². The van der Waals surface area contributed by atoms with Crippen molar-refractivity contribution in [2.75, 3.05) is 19.7 Å². The lowest BCUT2D eigenvalue weighted by Crippen LogP contribution is -2.33. The van der Waals surface area contributed by atoms with Gasteiger partial charge in [-0.2, -0.15) is 0 Å². The van der Waals surface area contributed by atoms with Gasteiger partial charge in [-0.1, -0.05) is 25.3 Å². The molecule has 18 heavy (non-hydrogen) atoms. The number of hydrogen-bond acceptors (Lipinski definition) is 5. The lowest BCUT2D eigenvalue weighted by molar-refractivity contribution is 0.0756. The van der Waals surface area contributed by atoms with Gasteiger partial charge >= 0.3 is 0 Å². The standard InChI is InChI=1S/C12H21N3O2S/c1-5-15(7-6-8-16)11(17)9-10(12(2,3)4)13-14-18-9/h16H,5-8H2,1-4H3. The number of hydrogen-bond donors (Lipinski definition) is 1.